The Morgan fingerprint density at radius 3 is 2.67 bits per heavy atom. The molecule has 21 heavy (non-hydrogen) atoms. The molecule has 0 aliphatic rings. The molecule has 112 valence electrons. The van der Waals surface area contributed by atoms with Crippen LogP contribution in [0.4, 0.5) is 0 Å². The zero-order valence-electron chi connectivity index (χ0n) is 12.6. The predicted octanol–water partition coefficient (Wildman–Crippen LogP) is 0.560. The number of hydrogen-bond donors (Lipinski definition) is 3. The number of carbonyl (C=O) groups excluding carboxylic acids is 2. The van der Waals surface area contributed by atoms with Crippen molar-refractivity contribution in [2.24, 2.45) is 5.73 Å². The van der Waals surface area contributed by atoms with Gasteiger partial charge in [-0.05, 0) is 44.5 Å². The third kappa shape index (κ3) is 5.28. The molecule has 1 rings (SSSR count). The van der Waals surface area contributed by atoms with Crippen LogP contribution in [0.1, 0.15) is 35.3 Å². The summed E-state index contributed by atoms with van der Waals surface area (Å²) in [5.74, 6) is 5.15. The molecule has 1 aromatic rings. The summed E-state index contributed by atoms with van der Waals surface area (Å²) in [7, 11) is 0. The molecule has 0 saturated heterocycles. The first-order valence-corrected chi connectivity index (χ1v) is 6.87. The Hall–Kier alpha value is -2.32. The van der Waals surface area contributed by atoms with Crippen LogP contribution >= 0.6 is 0 Å². The molecule has 0 aromatic heterocycles. The average molecular weight is 287 g/mol. The Bertz CT molecular complexity index is 585. The number of carbonyl (C=O) groups is 2. The molecular weight excluding hydrogens is 266 g/mol. The van der Waals surface area contributed by atoms with E-state index in [0.717, 1.165) is 11.1 Å². The highest BCUT2D eigenvalue weighted by molar-refractivity contribution is 5.97. The summed E-state index contributed by atoms with van der Waals surface area (Å²) in [4.78, 5) is 23.8. The highest BCUT2D eigenvalue weighted by atomic mass is 16.2. The van der Waals surface area contributed by atoms with Crippen molar-refractivity contribution in [3.8, 4) is 11.8 Å². The molecule has 0 radical (unpaired) electrons. The lowest BCUT2D eigenvalue weighted by Gasteiger charge is -2.13. The zero-order chi connectivity index (χ0) is 15.8. The smallest absolute Gasteiger partial charge is 0.251 e. The van der Waals surface area contributed by atoms with Gasteiger partial charge in [0.15, 0.2) is 0 Å². The quantitative estimate of drug-likeness (QED) is 0.707. The molecule has 0 bridgehead atoms. The monoisotopic (exact) mass is 287 g/mol. The second-order valence-corrected chi connectivity index (χ2v) is 4.68. The summed E-state index contributed by atoms with van der Waals surface area (Å²) in [5, 5.41) is 5.33. The molecule has 2 amide bonds. The molecule has 0 aliphatic heterocycles. The first kappa shape index (κ1) is 16.7. The molecule has 0 heterocycles. The summed E-state index contributed by atoms with van der Waals surface area (Å²) in [6, 6.07) is 4.74. The molecule has 0 fully saturated rings. The molecule has 1 unspecified atom stereocenters. The Kier molecular flexibility index (Phi) is 6.44. The van der Waals surface area contributed by atoms with Gasteiger partial charge in [-0.25, -0.2) is 0 Å². The van der Waals surface area contributed by atoms with Gasteiger partial charge in [-0.1, -0.05) is 11.8 Å². The normalized spacial score (nSPS) is 11.0. The van der Waals surface area contributed by atoms with E-state index in [9.17, 15) is 9.59 Å². The van der Waals surface area contributed by atoms with Gasteiger partial charge in [-0.3, -0.25) is 9.59 Å². The van der Waals surface area contributed by atoms with E-state index in [1.807, 2.05) is 19.9 Å². The van der Waals surface area contributed by atoms with Crippen LogP contribution in [0, 0.1) is 18.8 Å². The van der Waals surface area contributed by atoms with Crippen molar-refractivity contribution in [2.75, 3.05) is 13.1 Å². The Morgan fingerprint density at radius 1 is 1.33 bits per heavy atom. The van der Waals surface area contributed by atoms with E-state index in [-0.39, 0.29) is 18.4 Å². The second-order valence-electron chi connectivity index (χ2n) is 4.68. The third-order valence-corrected chi connectivity index (χ3v) is 2.77. The minimum absolute atomic E-state index is 0.207. The van der Waals surface area contributed by atoms with Crippen LogP contribution in [-0.4, -0.2) is 30.9 Å². The van der Waals surface area contributed by atoms with Gasteiger partial charge >= 0.3 is 0 Å². The van der Waals surface area contributed by atoms with Crippen LogP contribution in [0.15, 0.2) is 18.2 Å². The standard InChI is InChI=1S/C16H21N3O2/c1-4-18-15(20)12(3)19-16(21)14-9-11(2)8-13(10-14)6-5-7-17/h8-10,12H,4,7,17H2,1-3H3,(H,18,20)(H,19,21). The average Bonchev–Trinajstić information content (AvgIpc) is 2.44. The van der Waals surface area contributed by atoms with Gasteiger partial charge in [0, 0.05) is 17.7 Å². The maximum absolute atomic E-state index is 12.2. The SMILES string of the molecule is CCNC(=O)C(C)NC(=O)c1cc(C)cc(C#CCN)c1. The van der Waals surface area contributed by atoms with Gasteiger partial charge in [0.2, 0.25) is 5.91 Å². The van der Waals surface area contributed by atoms with Crippen LogP contribution in [0.2, 0.25) is 0 Å². The lowest BCUT2D eigenvalue weighted by molar-refractivity contribution is -0.122. The zero-order valence-corrected chi connectivity index (χ0v) is 12.6. The van der Waals surface area contributed by atoms with Gasteiger partial charge in [-0.2, -0.15) is 0 Å². The fraction of sp³-hybridized carbons (Fsp3) is 0.375. The van der Waals surface area contributed by atoms with Crippen molar-refractivity contribution >= 4 is 11.8 Å². The topological polar surface area (TPSA) is 84.2 Å². The number of likely N-dealkylation sites (N-methyl/N-ethyl adjacent to an activating group) is 1. The number of nitrogens with one attached hydrogen (secondary N) is 2. The lowest BCUT2D eigenvalue weighted by Crippen LogP contribution is -2.44. The van der Waals surface area contributed by atoms with Gasteiger partial charge < -0.3 is 16.4 Å². The Balaban J connectivity index is 2.87. The van der Waals surface area contributed by atoms with E-state index in [1.54, 1.807) is 19.1 Å². The summed E-state index contributed by atoms with van der Waals surface area (Å²) in [5.41, 5.74) is 7.48. The maximum Gasteiger partial charge on any atom is 0.251 e. The molecule has 0 saturated carbocycles. The third-order valence-electron chi connectivity index (χ3n) is 2.77. The molecule has 0 aliphatic carbocycles. The number of amides is 2. The first-order chi connectivity index (χ1) is 9.97. The van der Waals surface area contributed by atoms with Gasteiger partial charge in [0.1, 0.15) is 6.04 Å². The van der Waals surface area contributed by atoms with E-state index in [1.165, 1.54) is 0 Å². The Labute approximate surface area is 125 Å². The number of aryl methyl sites for hydroxylation is 1. The van der Waals surface area contributed by atoms with E-state index in [2.05, 4.69) is 22.5 Å². The van der Waals surface area contributed by atoms with Crippen LogP contribution < -0.4 is 16.4 Å². The Morgan fingerprint density at radius 2 is 2.05 bits per heavy atom. The minimum Gasteiger partial charge on any atom is -0.355 e. The van der Waals surface area contributed by atoms with Crippen molar-refractivity contribution in [3.63, 3.8) is 0 Å². The number of rotatable bonds is 4. The second kappa shape index (κ2) is 8.08. The van der Waals surface area contributed by atoms with Gasteiger partial charge in [0.05, 0.1) is 6.54 Å². The fourth-order valence-electron chi connectivity index (χ4n) is 1.81. The fourth-order valence-corrected chi connectivity index (χ4v) is 1.81. The molecule has 1 aromatic carbocycles. The summed E-state index contributed by atoms with van der Waals surface area (Å²) in [6.07, 6.45) is 0. The van der Waals surface area contributed by atoms with Crippen LogP contribution in [0.5, 0.6) is 0 Å². The van der Waals surface area contributed by atoms with Crippen molar-refractivity contribution in [2.45, 2.75) is 26.8 Å². The number of benzene rings is 1. The summed E-state index contributed by atoms with van der Waals surface area (Å²) >= 11 is 0. The van der Waals surface area contributed by atoms with Crippen molar-refractivity contribution in [1.82, 2.24) is 10.6 Å². The van der Waals surface area contributed by atoms with E-state index < -0.39 is 6.04 Å². The molecule has 5 nitrogen and oxygen atoms in total. The van der Waals surface area contributed by atoms with E-state index >= 15 is 0 Å². The van der Waals surface area contributed by atoms with Crippen LogP contribution in [0.25, 0.3) is 0 Å². The minimum atomic E-state index is -0.587. The number of nitrogens with two attached hydrogens (primary N) is 1. The highest BCUT2D eigenvalue weighted by Crippen LogP contribution is 2.09. The summed E-state index contributed by atoms with van der Waals surface area (Å²) < 4.78 is 0. The molecular formula is C16H21N3O2. The lowest BCUT2D eigenvalue weighted by atomic mass is 10.1. The highest BCUT2D eigenvalue weighted by Gasteiger charge is 2.16. The van der Waals surface area contributed by atoms with Gasteiger partial charge in [-0.15, -0.1) is 0 Å². The van der Waals surface area contributed by atoms with Crippen LogP contribution in [-0.2, 0) is 4.79 Å². The van der Waals surface area contributed by atoms with Gasteiger partial charge in [0.25, 0.3) is 5.91 Å². The van der Waals surface area contributed by atoms with Crippen molar-refractivity contribution < 1.29 is 9.59 Å². The van der Waals surface area contributed by atoms with Crippen LogP contribution in [0.3, 0.4) is 0 Å². The first-order valence-electron chi connectivity index (χ1n) is 6.87. The summed E-state index contributed by atoms with van der Waals surface area (Å²) in [6.45, 7) is 6.16. The predicted molar refractivity (Wildman–Crippen MR) is 82.7 cm³/mol. The van der Waals surface area contributed by atoms with Crippen molar-refractivity contribution in [3.05, 3.63) is 34.9 Å². The molecule has 5 heteroatoms. The maximum atomic E-state index is 12.2. The van der Waals surface area contributed by atoms with Crippen molar-refractivity contribution in [1.29, 1.82) is 0 Å². The number of hydrogen-bond acceptors (Lipinski definition) is 3. The largest absolute Gasteiger partial charge is 0.355 e. The molecule has 0 spiro atoms. The molecule has 1 atom stereocenters. The van der Waals surface area contributed by atoms with E-state index in [4.69, 9.17) is 5.73 Å². The van der Waals surface area contributed by atoms with E-state index in [0.29, 0.717) is 12.1 Å². The molecule has 4 N–H and O–H groups in total.